The number of nitrogens with one attached hydrogen (secondary N) is 1. The number of phenols is 1. The molecule has 0 aliphatic carbocycles. The lowest BCUT2D eigenvalue weighted by Crippen LogP contribution is -2.02. The van der Waals surface area contributed by atoms with Crippen LogP contribution in [-0.4, -0.2) is 10.9 Å². The maximum Gasteiger partial charge on any atom is 0.163 e. The van der Waals surface area contributed by atoms with Gasteiger partial charge < -0.3 is 10.8 Å². The minimum absolute atomic E-state index is 0.0209. The number of anilines is 1. The van der Waals surface area contributed by atoms with Crippen LogP contribution in [0.25, 0.3) is 0 Å². The Morgan fingerprint density at radius 3 is 2.67 bits per heavy atom. The Kier molecular flexibility index (Phi) is 3.04. The van der Waals surface area contributed by atoms with E-state index in [1.54, 1.807) is 6.07 Å². The molecule has 0 aliphatic heterocycles. The Bertz CT molecular complexity index is 427. The number of ketones is 1. The molecule has 0 aliphatic rings. The number of nitrogen functional groups attached to an aromatic ring is 1. The van der Waals surface area contributed by atoms with Crippen LogP contribution in [0.3, 0.4) is 0 Å². The van der Waals surface area contributed by atoms with Crippen molar-refractivity contribution < 1.29 is 9.90 Å². The van der Waals surface area contributed by atoms with E-state index in [1.165, 1.54) is 6.92 Å². The predicted octanol–water partition coefficient (Wildman–Crippen LogP) is 2.40. The van der Waals surface area contributed by atoms with Crippen LogP contribution in [0.1, 0.15) is 29.8 Å². The van der Waals surface area contributed by atoms with Crippen LogP contribution >= 0.6 is 0 Å². The van der Waals surface area contributed by atoms with E-state index in [0.717, 1.165) is 0 Å². The quantitative estimate of drug-likeness (QED) is 0.307. The molecule has 0 bridgehead atoms. The third kappa shape index (κ3) is 1.81. The molecule has 0 unspecified atom stereocenters. The second-order valence-electron chi connectivity index (χ2n) is 3.21. The summed E-state index contributed by atoms with van der Waals surface area (Å²) in [6.07, 6.45) is 0.575. The number of nitrogens with two attached hydrogens (primary N) is 1. The number of Topliss-reactive ketones (excluding diaryl/α,β-unsaturated/α-hetero) is 1. The van der Waals surface area contributed by atoms with Gasteiger partial charge in [-0.3, -0.25) is 4.79 Å². The van der Waals surface area contributed by atoms with Crippen molar-refractivity contribution in [2.45, 2.75) is 20.3 Å². The number of aryl methyl sites for hydroxylation is 1. The number of benzene rings is 1. The third-order valence-electron chi connectivity index (χ3n) is 2.25. The topological polar surface area (TPSA) is 99.5 Å². The number of carbonyl (C=O) groups excluding carboxylic acids is 1. The molecule has 5 heteroatoms. The number of carbonyl (C=O) groups is 1. The van der Waals surface area contributed by atoms with Gasteiger partial charge >= 0.3 is 0 Å². The van der Waals surface area contributed by atoms with E-state index in [4.69, 9.17) is 11.3 Å². The van der Waals surface area contributed by atoms with Crippen LogP contribution in [0.5, 0.6) is 5.75 Å². The van der Waals surface area contributed by atoms with Crippen LogP contribution in [0.4, 0.5) is 11.4 Å². The van der Waals surface area contributed by atoms with E-state index in [0.29, 0.717) is 12.0 Å². The fourth-order valence-corrected chi connectivity index (χ4v) is 1.49. The summed E-state index contributed by atoms with van der Waals surface area (Å²) in [5.41, 5.74) is 13.5. The number of aromatic hydroxyl groups is 1. The van der Waals surface area contributed by atoms with Crippen molar-refractivity contribution in [3.8, 4) is 5.75 Å². The Hall–Kier alpha value is -1.91. The molecule has 0 aromatic heterocycles. The first-order valence-electron chi connectivity index (χ1n) is 4.55. The maximum absolute atomic E-state index is 11.3. The van der Waals surface area contributed by atoms with Gasteiger partial charge in [0.25, 0.3) is 0 Å². The molecule has 0 amide bonds. The van der Waals surface area contributed by atoms with Gasteiger partial charge in [0, 0.05) is 0 Å². The SMILES string of the molecule is CCc1cc(N=N)c(N)c(O)c1C(C)=O. The molecule has 0 fully saturated rings. The van der Waals surface area contributed by atoms with E-state index in [2.05, 4.69) is 5.11 Å². The van der Waals surface area contributed by atoms with Crippen molar-refractivity contribution in [1.82, 2.24) is 0 Å². The molecule has 0 atom stereocenters. The lowest BCUT2D eigenvalue weighted by molar-refractivity contribution is 0.101. The second kappa shape index (κ2) is 4.08. The molecule has 0 heterocycles. The number of hydrogen-bond acceptors (Lipinski definition) is 5. The van der Waals surface area contributed by atoms with Crippen molar-refractivity contribution in [1.29, 1.82) is 5.53 Å². The van der Waals surface area contributed by atoms with Gasteiger partial charge in [0.2, 0.25) is 0 Å². The van der Waals surface area contributed by atoms with Crippen LogP contribution < -0.4 is 5.73 Å². The van der Waals surface area contributed by atoms with Gasteiger partial charge in [0.15, 0.2) is 11.5 Å². The number of nitrogens with zero attached hydrogens (tertiary/aromatic N) is 1. The normalized spacial score (nSPS) is 10.0. The summed E-state index contributed by atoms with van der Waals surface area (Å²) in [5, 5.41) is 12.9. The van der Waals surface area contributed by atoms with Gasteiger partial charge in [-0.15, -0.1) is 0 Å². The largest absolute Gasteiger partial charge is 0.505 e. The summed E-state index contributed by atoms with van der Waals surface area (Å²) in [7, 11) is 0. The molecule has 4 N–H and O–H groups in total. The first-order chi connectivity index (χ1) is 7.02. The van der Waals surface area contributed by atoms with Gasteiger partial charge in [-0.05, 0) is 25.0 Å². The highest BCUT2D eigenvalue weighted by molar-refractivity contribution is 6.01. The van der Waals surface area contributed by atoms with E-state index in [9.17, 15) is 9.90 Å². The molecule has 5 nitrogen and oxygen atoms in total. The zero-order valence-corrected chi connectivity index (χ0v) is 8.66. The van der Waals surface area contributed by atoms with Crippen LogP contribution in [0.2, 0.25) is 0 Å². The highest BCUT2D eigenvalue weighted by Gasteiger charge is 2.17. The van der Waals surface area contributed by atoms with Gasteiger partial charge in [-0.25, -0.2) is 5.53 Å². The first-order valence-corrected chi connectivity index (χ1v) is 4.55. The predicted molar refractivity (Wildman–Crippen MR) is 56.7 cm³/mol. The van der Waals surface area contributed by atoms with E-state index < -0.39 is 0 Å². The van der Waals surface area contributed by atoms with Crippen LogP contribution in [0, 0.1) is 5.53 Å². The fourth-order valence-electron chi connectivity index (χ4n) is 1.49. The van der Waals surface area contributed by atoms with Gasteiger partial charge in [-0.1, -0.05) is 6.92 Å². The Balaban J connectivity index is 3.58. The summed E-state index contributed by atoms with van der Waals surface area (Å²) in [6.45, 7) is 3.22. The standard InChI is InChI=1S/C10H13N3O2/c1-3-6-4-7(13-12)9(11)10(15)8(6)5(2)14/h4,12,15H,3,11H2,1-2H3. The molecule has 0 spiro atoms. The Labute approximate surface area is 87.4 Å². The van der Waals surface area contributed by atoms with Crippen molar-refractivity contribution in [2.75, 3.05) is 5.73 Å². The van der Waals surface area contributed by atoms with Crippen LogP contribution in [-0.2, 0) is 6.42 Å². The molecular weight excluding hydrogens is 194 g/mol. The minimum atomic E-state index is -0.271. The molecule has 0 saturated carbocycles. The second-order valence-corrected chi connectivity index (χ2v) is 3.21. The van der Waals surface area contributed by atoms with Crippen molar-refractivity contribution in [2.24, 2.45) is 5.11 Å². The monoisotopic (exact) mass is 207 g/mol. The molecule has 1 rings (SSSR count). The van der Waals surface area contributed by atoms with E-state index in [1.807, 2.05) is 6.92 Å². The first kappa shape index (κ1) is 11.2. The molecule has 80 valence electrons. The third-order valence-corrected chi connectivity index (χ3v) is 2.25. The average molecular weight is 207 g/mol. The highest BCUT2D eigenvalue weighted by atomic mass is 16.3. The summed E-state index contributed by atoms with van der Waals surface area (Å²) in [6, 6.07) is 1.55. The number of hydrogen-bond donors (Lipinski definition) is 3. The molecule has 15 heavy (non-hydrogen) atoms. The van der Waals surface area contributed by atoms with Crippen LogP contribution in [0.15, 0.2) is 11.2 Å². The fraction of sp³-hybridized carbons (Fsp3) is 0.300. The summed E-state index contributed by atoms with van der Waals surface area (Å²) in [5.74, 6) is -0.513. The minimum Gasteiger partial charge on any atom is -0.505 e. The lowest BCUT2D eigenvalue weighted by atomic mass is 9.99. The van der Waals surface area contributed by atoms with Crippen molar-refractivity contribution >= 4 is 17.2 Å². The average Bonchev–Trinajstić information content (AvgIpc) is 2.20. The Morgan fingerprint density at radius 2 is 2.27 bits per heavy atom. The highest BCUT2D eigenvalue weighted by Crippen LogP contribution is 2.37. The molecule has 1 aromatic carbocycles. The summed E-state index contributed by atoms with van der Waals surface area (Å²) >= 11 is 0. The molecule has 1 aromatic rings. The molecular formula is C10H13N3O2. The zero-order valence-electron chi connectivity index (χ0n) is 8.66. The van der Waals surface area contributed by atoms with E-state index >= 15 is 0 Å². The Morgan fingerprint density at radius 1 is 1.67 bits per heavy atom. The summed E-state index contributed by atoms with van der Waals surface area (Å²) < 4.78 is 0. The molecule has 0 saturated heterocycles. The van der Waals surface area contributed by atoms with Crippen molar-refractivity contribution in [3.05, 3.63) is 17.2 Å². The maximum atomic E-state index is 11.3. The zero-order chi connectivity index (χ0) is 11.6. The van der Waals surface area contributed by atoms with Gasteiger partial charge in [0.1, 0.15) is 11.4 Å². The number of phenolic OH excluding ortho intramolecular Hbond substituents is 1. The smallest absolute Gasteiger partial charge is 0.163 e. The summed E-state index contributed by atoms with van der Waals surface area (Å²) in [4.78, 5) is 11.3. The van der Waals surface area contributed by atoms with Gasteiger partial charge in [-0.2, -0.15) is 5.11 Å². The van der Waals surface area contributed by atoms with E-state index in [-0.39, 0.29) is 28.5 Å². The van der Waals surface area contributed by atoms with Crippen molar-refractivity contribution in [3.63, 3.8) is 0 Å². The van der Waals surface area contributed by atoms with Gasteiger partial charge in [0.05, 0.1) is 5.56 Å². The lowest BCUT2D eigenvalue weighted by Gasteiger charge is -2.11. The number of rotatable bonds is 3. The molecule has 0 radical (unpaired) electrons.